The van der Waals surface area contributed by atoms with Gasteiger partial charge in [0.2, 0.25) is 0 Å². The highest BCUT2D eigenvalue weighted by molar-refractivity contribution is 5.71. The fourth-order valence-electron chi connectivity index (χ4n) is 2.36. The Morgan fingerprint density at radius 1 is 1.59 bits per heavy atom. The van der Waals surface area contributed by atoms with Crippen LogP contribution >= 0.6 is 0 Å². The van der Waals surface area contributed by atoms with E-state index in [-0.39, 0.29) is 5.92 Å². The Labute approximate surface area is 98.1 Å². The van der Waals surface area contributed by atoms with Crippen molar-refractivity contribution >= 4 is 5.97 Å². The molecule has 5 nitrogen and oxygen atoms in total. The Hall–Kier alpha value is -2.04. The van der Waals surface area contributed by atoms with Crippen LogP contribution in [0.2, 0.25) is 0 Å². The van der Waals surface area contributed by atoms with Crippen LogP contribution < -0.4 is 0 Å². The number of carboxylic acids is 1. The highest BCUT2D eigenvalue weighted by Crippen LogP contribution is 2.28. The summed E-state index contributed by atoms with van der Waals surface area (Å²) in [6.07, 6.45) is 4.88. The molecular weight excluding hydrogens is 218 g/mol. The maximum atomic E-state index is 11.0. The standard InChI is InChI=1S/C12H13N3O2/c16-12(17)8-3-5-15-7-14-11(10(15)6-8)9-2-1-4-13-9/h1-2,4,7-8,13H,3,5-6H2,(H,16,17). The molecule has 1 aliphatic heterocycles. The van der Waals surface area contributed by atoms with Crippen LogP contribution in [0.5, 0.6) is 0 Å². The van der Waals surface area contributed by atoms with Gasteiger partial charge in [-0.05, 0) is 18.6 Å². The maximum absolute atomic E-state index is 11.0. The van der Waals surface area contributed by atoms with E-state index >= 15 is 0 Å². The van der Waals surface area contributed by atoms with Crippen LogP contribution in [0.15, 0.2) is 24.7 Å². The van der Waals surface area contributed by atoms with E-state index in [1.807, 2.05) is 18.3 Å². The van der Waals surface area contributed by atoms with E-state index in [0.29, 0.717) is 12.8 Å². The predicted molar refractivity (Wildman–Crippen MR) is 61.5 cm³/mol. The smallest absolute Gasteiger partial charge is 0.306 e. The summed E-state index contributed by atoms with van der Waals surface area (Å²) >= 11 is 0. The van der Waals surface area contributed by atoms with Gasteiger partial charge in [0, 0.05) is 24.9 Å². The molecule has 3 heterocycles. The quantitative estimate of drug-likeness (QED) is 0.823. The predicted octanol–water partition coefficient (Wildman–Crippen LogP) is 1.53. The highest BCUT2D eigenvalue weighted by Gasteiger charge is 2.27. The SMILES string of the molecule is O=C(O)C1CCn2cnc(-c3ccc[nH]3)c2C1. The Morgan fingerprint density at radius 2 is 2.47 bits per heavy atom. The van der Waals surface area contributed by atoms with Crippen LogP contribution in [0, 0.1) is 5.92 Å². The molecule has 3 rings (SSSR count). The normalized spacial score (nSPS) is 18.9. The number of aromatic amines is 1. The third-order valence-corrected chi connectivity index (χ3v) is 3.31. The number of carboxylic acid groups (broad SMARTS) is 1. The number of nitrogens with zero attached hydrogens (tertiary/aromatic N) is 2. The number of aryl methyl sites for hydroxylation is 1. The van der Waals surface area contributed by atoms with Crippen molar-refractivity contribution in [3.63, 3.8) is 0 Å². The number of imidazole rings is 1. The first-order chi connectivity index (χ1) is 8.25. The van der Waals surface area contributed by atoms with Gasteiger partial charge in [0.25, 0.3) is 0 Å². The second kappa shape index (κ2) is 3.76. The Morgan fingerprint density at radius 3 is 3.18 bits per heavy atom. The Kier molecular flexibility index (Phi) is 2.24. The van der Waals surface area contributed by atoms with Gasteiger partial charge in [-0.15, -0.1) is 0 Å². The van der Waals surface area contributed by atoms with Crippen molar-refractivity contribution in [3.8, 4) is 11.4 Å². The largest absolute Gasteiger partial charge is 0.481 e. The van der Waals surface area contributed by atoms with Crippen LogP contribution in [0.3, 0.4) is 0 Å². The van der Waals surface area contributed by atoms with Gasteiger partial charge >= 0.3 is 5.97 Å². The summed E-state index contributed by atoms with van der Waals surface area (Å²) in [5.41, 5.74) is 2.84. The van der Waals surface area contributed by atoms with Gasteiger partial charge in [0.05, 0.1) is 17.9 Å². The molecule has 17 heavy (non-hydrogen) atoms. The molecule has 5 heteroatoms. The molecule has 2 N–H and O–H groups in total. The van der Waals surface area contributed by atoms with Gasteiger partial charge in [0.15, 0.2) is 0 Å². The van der Waals surface area contributed by atoms with Gasteiger partial charge in [0.1, 0.15) is 5.69 Å². The number of hydrogen-bond acceptors (Lipinski definition) is 2. The number of hydrogen-bond donors (Lipinski definition) is 2. The summed E-state index contributed by atoms with van der Waals surface area (Å²) in [6.45, 7) is 0.736. The molecule has 0 bridgehead atoms. The van der Waals surface area contributed by atoms with Gasteiger partial charge in [-0.25, -0.2) is 4.98 Å². The molecule has 1 unspecified atom stereocenters. The molecule has 1 aliphatic rings. The first-order valence-corrected chi connectivity index (χ1v) is 5.66. The number of carbonyl (C=O) groups is 1. The third kappa shape index (κ3) is 1.63. The number of H-pyrrole nitrogens is 1. The molecule has 0 spiro atoms. The monoisotopic (exact) mass is 231 g/mol. The number of nitrogens with one attached hydrogen (secondary N) is 1. The molecule has 0 aromatic carbocycles. The summed E-state index contributed by atoms with van der Waals surface area (Å²) in [4.78, 5) is 18.5. The Bertz CT molecular complexity index is 542. The van der Waals surface area contributed by atoms with Crippen molar-refractivity contribution in [1.82, 2.24) is 14.5 Å². The van der Waals surface area contributed by atoms with Crippen molar-refractivity contribution in [2.45, 2.75) is 19.4 Å². The average Bonchev–Trinajstić information content (AvgIpc) is 2.96. The lowest BCUT2D eigenvalue weighted by Gasteiger charge is -2.21. The molecule has 0 amide bonds. The van der Waals surface area contributed by atoms with E-state index in [1.165, 1.54) is 0 Å². The first-order valence-electron chi connectivity index (χ1n) is 5.66. The van der Waals surface area contributed by atoms with E-state index < -0.39 is 5.97 Å². The summed E-state index contributed by atoms with van der Waals surface area (Å²) < 4.78 is 2.05. The van der Waals surface area contributed by atoms with Crippen LogP contribution in [-0.2, 0) is 17.8 Å². The number of aliphatic carboxylic acids is 1. The molecule has 0 fully saturated rings. The number of rotatable bonds is 2. The summed E-state index contributed by atoms with van der Waals surface area (Å²) in [6, 6.07) is 3.87. The summed E-state index contributed by atoms with van der Waals surface area (Å²) in [5, 5.41) is 9.09. The molecule has 0 radical (unpaired) electrons. The minimum atomic E-state index is -0.713. The van der Waals surface area contributed by atoms with Gasteiger partial charge in [-0.2, -0.15) is 0 Å². The molecule has 1 atom stereocenters. The minimum Gasteiger partial charge on any atom is -0.481 e. The fourth-order valence-corrected chi connectivity index (χ4v) is 2.36. The zero-order chi connectivity index (χ0) is 11.8. The molecule has 2 aromatic heterocycles. The zero-order valence-electron chi connectivity index (χ0n) is 9.26. The minimum absolute atomic E-state index is 0.284. The first kappa shape index (κ1) is 10.1. The van der Waals surface area contributed by atoms with E-state index in [2.05, 4.69) is 14.5 Å². The van der Waals surface area contributed by atoms with Crippen molar-refractivity contribution in [3.05, 3.63) is 30.4 Å². The lowest BCUT2D eigenvalue weighted by molar-refractivity contribution is -0.142. The zero-order valence-corrected chi connectivity index (χ0v) is 9.26. The summed E-state index contributed by atoms with van der Waals surface area (Å²) in [7, 11) is 0. The lowest BCUT2D eigenvalue weighted by atomic mass is 9.95. The molecule has 2 aromatic rings. The number of aromatic nitrogens is 3. The topological polar surface area (TPSA) is 70.9 Å². The highest BCUT2D eigenvalue weighted by atomic mass is 16.4. The van der Waals surface area contributed by atoms with Gasteiger partial charge in [-0.3, -0.25) is 4.79 Å². The van der Waals surface area contributed by atoms with Gasteiger partial charge < -0.3 is 14.7 Å². The van der Waals surface area contributed by atoms with Crippen LogP contribution in [0.25, 0.3) is 11.4 Å². The molecule has 0 saturated carbocycles. The lowest BCUT2D eigenvalue weighted by Crippen LogP contribution is -2.25. The molecule has 88 valence electrons. The van der Waals surface area contributed by atoms with E-state index in [9.17, 15) is 4.79 Å². The fraction of sp³-hybridized carbons (Fsp3) is 0.333. The van der Waals surface area contributed by atoms with Crippen molar-refractivity contribution < 1.29 is 9.90 Å². The van der Waals surface area contributed by atoms with Crippen LogP contribution in [0.1, 0.15) is 12.1 Å². The second-order valence-electron chi connectivity index (χ2n) is 4.35. The van der Waals surface area contributed by atoms with Crippen molar-refractivity contribution in [2.24, 2.45) is 5.92 Å². The van der Waals surface area contributed by atoms with E-state index in [1.54, 1.807) is 6.33 Å². The van der Waals surface area contributed by atoms with Crippen LogP contribution in [-0.4, -0.2) is 25.6 Å². The molecular formula is C12H13N3O2. The summed E-state index contributed by atoms with van der Waals surface area (Å²) in [5.74, 6) is -0.997. The average molecular weight is 231 g/mol. The number of fused-ring (bicyclic) bond motifs is 1. The van der Waals surface area contributed by atoms with E-state index in [4.69, 9.17) is 5.11 Å². The van der Waals surface area contributed by atoms with Crippen molar-refractivity contribution in [2.75, 3.05) is 0 Å². The molecule has 0 saturated heterocycles. The van der Waals surface area contributed by atoms with Crippen LogP contribution in [0.4, 0.5) is 0 Å². The van der Waals surface area contributed by atoms with Crippen molar-refractivity contribution in [1.29, 1.82) is 0 Å². The second-order valence-corrected chi connectivity index (χ2v) is 4.35. The Balaban J connectivity index is 2.00. The van der Waals surface area contributed by atoms with E-state index in [0.717, 1.165) is 23.6 Å². The molecule has 0 aliphatic carbocycles. The van der Waals surface area contributed by atoms with Gasteiger partial charge in [-0.1, -0.05) is 0 Å². The maximum Gasteiger partial charge on any atom is 0.306 e. The third-order valence-electron chi connectivity index (χ3n) is 3.31.